The highest BCUT2D eigenvalue weighted by Gasteiger charge is 2.48. The molecule has 7 nitrogen and oxygen atoms in total. The van der Waals surface area contributed by atoms with Crippen LogP contribution in [-0.2, 0) is 9.59 Å². The van der Waals surface area contributed by atoms with Gasteiger partial charge in [0.15, 0.2) is 5.13 Å². The van der Waals surface area contributed by atoms with E-state index in [0.717, 1.165) is 17.5 Å². The molecule has 194 valence electrons. The molecule has 0 bridgehead atoms. The summed E-state index contributed by atoms with van der Waals surface area (Å²) in [6, 6.07) is 18.2. The first-order chi connectivity index (χ1) is 18.4. The van der Waals surface area contributed by atoms with Crippen molar-refractivity contribution in [2.24, 2.45) is 0 Å². The topological polar surface area (TPSA) is 89.0 Å². The molecule has 1 aliphatic heterocycles. The summed E-state index contributed by atoms with van der Waals surface area (Å²) in [4.78, 5) is 32.9. The average Bonchev–Trinajstić information content (AvgIpc) is 3.46. The first-order valence-electron chi connectivity index (χ1n) is 12.2. The molecule has 9 heteroatoms. The van der Waals surface area contributed by atoms with Gasteiger partial charge in [-0.25, -0.2) is 4.98 Å². The second kappa shape index (κ2) is 10.8. The van der Waals surface area contributed by atoms with Gasteiger partial charge in [-0.2, -0.15) is 0 Å². The standard InChI is InChI=1S/C29H25ClN2O5S/c1-3-4-13-37-21-10-6-8-18(15-21)26(33)24-25(17-7-5-9-19(30)14-17)32(28(35)27(24)34)29-31-22-12-11-20(36-2)16-23(22)38-29/h5-12,14-16,25,33H,3-4,13H2,1-2H3/b26-24+. The number of amides is 1. The Bertz CT molecular complexity index is 1560. The van der Waals surface area contributed by atoms with Crippen molar-refractivity contribution in [3.63, 3.8) is 0 Å². The van der Waals surface area contributed by atoms with Gasteiger partial charge < -0.3 is 14.6 Å². The Labute approximate surface area is 228 Å². The lowest BCUT2D eigenvalue weighted by molar-refractivity contribution is -0.132. The van der Waals surface area contributed by atoms with Crippen LogP contribution in [0, 0.1) is 0 Å². The van der Waals surface area contributed by atoms with Gasteiger partial charge in [0.2, 0.25) is 0 Å². The first kappa shape index (κ1) is 25.8. The van der Waals surface area contributed by atoms with Crippen LogP contribution in [0.5, 0.6) is 11.5 Å². The van der Waals surface area contributed by atoms with E-state index in [1.54, 1.807) is 67.8 Å². The Balaban J connectivity index is 1.65. The summed E-state index contributed by atoms with van der Waals surface area (Å²) < 4.78 is 11.9. The monoisotopic (exact) mass is 548 g/mol. The number of methoxy groups -OCH3 is 1. The molecular weight excluding hydrogens is 524 g/mol. The predicted molar refractivity (Wildman–Crippen MR) is 149 cm³/mol. The number of rotatable bonds is 8. The number of fused-ring (bicyclic) bond motifs is 1. The number of aromatic nitrogens is 1. The van der Waals surface area contributed by atoms with E-state index in [9.17, 15) is 14.7 Å². The molecule has 1 aromatic heterocycles. The Morgan fingerprint density at radius 2 is 1.89 bits per heavy atom. The summed E-state index contributed by atoms with van der Waals surface area (Å²) in [5, 5.41) is 12.2. The predicted octanol–water partition coefficient (Wildman–Crippen LogP) is 6.76. The quantitative estimate of drug-likeness (QED) is 0.113. The minimum Gasteiger partial charge on any atom is -0.507 e. The summed E-state index contributed by atoms with van der Waals surface area (Å²) in [7, 11) is 1.57. The molecule has 5 rings (SSSR count). The normalized spacial score (nSPS) is 16.8. The van der Waals surface area contributed by atoms with E-state index in [-0.39, 0.29) is 11.3 Å². The number of aliphatic hydroxyl groups excluding tert-OH is 1. The van der Waals surface area contributed by atoms with Crippen molar-refractivity contribution in [3.8, 4) is 11.5 Å². The van der Waals surface area contributed by atoms with Crippen molar-refractivity contribution in [1.29, 1.82) is 0 Å². The molecule has 0 spiro atoms. The molecule has 1 N–H and O–H groups in total. The number of aliphatic hydroxyl groups is 1. The van der Waals surface area contributed by atoms with Crippen molar-refractivity contribution >= 4 is 55.7 Å². The Kier molecular flexibility index (Phi) is 7.35. The van der Waals surface area contributed by atoms with Gasteiger partial charge in [0.1, 0.15) is 17.3 Å². The van der Waals surface area contributed by atoms with Crippen LogP contribution in [0.3, 0.4) is 0 Å². The maximum atomic E-state index is 13.5. The third-order valence-electron chi connectivity index (χ3n) is 6.27. The molecule has 2 heterocycles. The fourth-order valence-electron chi connectivity index (χ4n) is 4.37. The SMILES string of the molecule is CCCCOc1cccc(/C(O)=C2\C(=O)C(=O)N(c3nc4ccc(OC)cc4s3)C2c2cccc(Cl)c2)c1. The van der Waals surface area contributed by atoms with E-state index in [1.807, 2.05) is 6.07 Å². The molecular formula is C29H25ClN2O5S. The lowest BCUT2D eigenvalue weighted by atomic mass is 9.95. The molecule has 38 heavy (non-hydrogen) atoms. The number of hydrogen-bond donors (Lipinski definition) is 1. The molecule has 0 radical (unpaired) electrons. The Hall–Kier alpha value is -3.88. The summed E-state index contributed by atoms with van der Waals surface area (Å²) >= 11 is 7.56. The first-order valence-corrected chi connectivity index (χ1v) is 13.3. The van der Waals surface area contributed by atoms with E-state index in [1.165, 1.54) is 16.2 Å². The van der Waals surface area contributed by atoms with Gasteiger partial charge in [-0.1, -0.05) is 60.5 Å². The van der Waals surface area contributed by atoms with Crippen LogP contribution < -0.4 is 14.4 Å². The Morgan fingerprint density at radius 3 is 2.66 bits per heavy atom. The van der Waals surface area contributed by atoms with Crippen LogP contribution in [-0.4, -0.2) is 35.5 Å². The lowest BCUT2D eigenvalue weighted by Gasteiger charge is -2.23. The summed E-state index contributed by atoms with van der Waals surface area (Å²) in [6.07, 6.45) is 1.88. The number of halogens is 1. The second-order valence-electron chi connectivity index (χ2n) is 8.78. The second-order valence-corrected chi connectivity index (χ2v) is 10.2. The number of anilines is 1. The van der Waals surface area contributed by atoms with E-state index in [4.69, 9.17) is 21.1 Å². The zero-order valence-electron chi connectivity index (χ0n) is 20.8. The number of Topliss-reactive ketones (excluding diaryl/α,β-unsaturated/α-hetero) is 1. The fraction of sp³-hybridized carbons (Fsp3) is 0.207. The van der Waals surface area contributed by atoms with Gasteiger partial charge >= 0.3 is 5.91 Å². The molecule has 0 aliphatic carbocycles. The highest BCUT2D eigenvalue weighted by Crippen LogP contribution is 2.45. The van der Waals surface area contributed by atoms with Crippen LogP contribution >= 0.6 is 22.9 Å². The van der Waals surface area contributed by atoms with E-state index < -0.39 is 17.7 Å². The molecule has 1 amide bonds. The molecule has 0 saturated carbocycles. The van der Waals surface area contributed by atoms with Gasteiger partial charge in [-0.05, 0) is 54.4 Å². The molecule has 1 fully saturated rings. The van der Waals surface area contributed by atoms with Crippen molar-refractivity contribution in [2.45, 2.75) is 25.8 Å². The van der Waals surface area contributed by atoms with E-state index in [0.29, 0.717) is 44.9 Å². The van der Waals surface area contributed by atoms with Crippen LogP contribution in [0.25, 0.3) is 16.0 Å². The van der Waals surface area contributed by atoms with Gasteiger partial charge in [-0.3, -0.25) is 14.5 Å². The number of ketones is 1. The van der Waals surface area contributed by atoms with Crippen molar-refractivity contribution in [3.05, 3.63) is 88.5 Å². The van der Waals surface area contributed by atoms with Crippen molar-refractivity contribution < 1.29 is 24.2 Å². The molecule has 3 aromatic carbocycles. The zero-order chi connectivity index (χ0) is 26.8. The number of thiazole rings is 1. The minimum absolute atomic E-state index is 0.0418. The maximum Gasteiger partial charge on any atom is 0.301 e. The Morgan fingerprint density at radius 1 is 1.08 bits per heavy atom. The number of carbonyl (C=O) groups excluding carboxylic acids is 2. The van der Waals surface area contributed by atoms with Gasteiger partial charge in [0.25, 0.3) is 5.78 Å². The number of carbonyl (C=O) groups is 2. The number of benzene rings is 3. The lowest BCUT2D eigenvalue weighted by Crippen LogP contribution is -2.29. The third-order valence-corrected chi connectivity index (χ3v) is 7.53. The van der Waals surface area contributed by atoms with E-state index >= 15 is 0 Å². The number of ether oxygens (including phenoxy) is 2. The largest absolute Gasteiger partial charge is 0.507 e. The molecule has 1 aliphatic rings. The molecule has 1 unspecified atom stereocenters. The molecule has 1 atom stereocenters. The van der Waals surface area contributed by atoms with Crippen molar-refractivity contribution in [2.75, 3.05) is 18.6 Å². The zero-order valence-corrected chi connectivity index (χ0v) is 22.4. The highest BCUT2D eigenvalue weighted by atomic mass is 35.5. The summed E-state index contributed by atoms with van der Waals surface area (Å²) in [5.41, 5.74) is 1.57. The fourth-order valence-corrected chi connectivity index (χ4v) is 5.59. The van der Waals surface area contributed by atoms with Gasteiger partial charge in [-0.15, -0.1) is 0 Å². The number of nitrogens with zero attached hydrogens (tertiary/aromatic N) is 2. The highest BCUT2D eigenvalue weighted by molar-refractivity contribution is 7.22. The van der Waals surface area contributed by atoms with Gasteiger partial charge in [0, 0.05) is 10.6 Å². The summed E-state index contributed by atoms with van der Waals surface area (Å²) in [5.74, 6) is -0.655. The van der Waals surface area contributed by atoms with Crippen LogP contribution in [0.15, 0.2) is 72.3 Å². The number of hydrogen-bond acceptors (Lipinski definition) is 7. The van der Waals surface area contributed by atoms with Crippen LogP contribution in [0.1, 0.15) is 36.9 Å². The number of unbranched alkanes of at least 4 members (excludes halogenated alkanes) is 1. The van der Waals surface area contributed by atoms with Gasteiger partial charge in [0.05, 0.1) is 35.5 Å². The van der Waals surface area contributed by atoms with Crippen molar-refractivity contribution in [1.82, 2.24) is 4.98 Å². The van der Waals surface area contributed by atoms with E-state index in [2.05, 4.69) is 11.9 Å². The van der Waals surface area contributed by atoms with Crippen LogP contribution in [0.2, 0.25) is 5.02 Å². The molecule has 4 aromatic rings. The smallest absolute Gasteiger partial charge is 0.301 e. The third kappa shape index (κ3) is 4.85. The van der Waals surface area contributed by atoms with Crippen LogP contribution in [0.4, 0.5) is 5.13 Å². The minimum atomic E-state index is -0.930. The summed E-state index contributed by atoms with van der Waals surface area (Å²) in [6.45, 7) is 2.61. The molecule has 1 saturated heterocycles. The maximum absolute atomic E-state index is 13.5. The average molecular weight is 549 g/mol.